The van der Waals surface area contributed by atoms with E-state index in [1.54, 1.807) is 22.8 Å². The van der Waals surface area contributed by atoms with Crippen molar-refractivity contribution in [2.75, 3.05) is 83.9 Å². The smallest absolute Gasteiger partial charge is 0.248 e. The van der Waals surface area contributed by atoms with E-state index in [-0.39, 0.29) is 6.10 Å². The summed E-state index contributed by atoms with van der Waals surface area (Å²) in [4.78, 5) is 4.90. The van der Waals surface area contributed by atoms with Gasteiger partial charge >= 0.3 is 0 Å². The molecule has 109 heavy (non-hydrogen) atoms. The van der Waals surface area contributed by atoms with Crippen molar-refractivity contribution in [2.24, 2.45) is 11.8 Å². The molecule has 2 aromatic carbocycles. The van der Waals surface area contributed by atoms with Crippen molar-refractivity contribution in [1.82, 2.24) is 55.7 Å². The van der Waals surface area contributed by atoms with Gasteiger partial charge in [-0.3, -0.25) is 9.80 Å². The topological polar surface area (TPSA) is 141 Å². The summed E-state index contributed by atoms with van der Waals surface area (Å²) >= 11 is 15.9. The summed E-state index contributed by atoms with van der Waals surface area (Å²) in [6.07, 6.45) is 61.4. The quantitative estimate of drug-likeness (QED) is 0.0219. The predicted octanol–water partition coefficient (Wildman–Crippen LogP) is 26.6. The van der Waals surface area contributed by atoms with Crippen LogP contribution < -0.4 is 16.0 Å². The SMILES string of the molecule is CCCCCCCCCCCCCCCCCCNCCCN(CSP(=S)(OCCCC)OC(C)CCCCCC)Cn1nnc2cc(CC)ccc21.CCCCCCCCCCCCCCNCCCNCCCN(CSP(=S)(OCC(CC)CCCC)OCC(CC)CCCC)Cn1nnc2cc(C)ccc21. The van der Waals surface area contributed by atoms with E-state index in [1.165, 1.54) is 255 Å². The Bertz CT molecular complexity index is 2780. The van der Waals surface area contributed by atoms with Crippen molar-refractivity contribution in [3.05, 3.63) is 47.5 Å². The van der Waals surface area contributed by atoms with Gasteiger partial charge in [-0.25, -0.2) is 9.36 Å². The standard InChI is InChI=1S/C45H87N6O2PS2.C43H82N5O2PS2/c1-7-12-15-16-17-18-19-20-21-22-23-24-31-46-32-25-33-47-34-26-35-50(39-51-45-30-29-41(6)36-44(45)48-49-51)40-56-54(55,52-37-42(10-4)27-13-8-2)53-38-43(11-5)28-14-9-3;1-6-10-13-15-16-17-18-19-20-21-22-23-24-25-26-28-33-44-34-29-35-47(38-48-43-32-31-41(9-4)37-42(43)45-46-48)39-53-51(52,49-36-12-8-3)50-40(5)30-27-14-11-7-2/h29-30,36,42-43,46-47H,7-28,31-35,37-40H2,1-6H3;31-32,37,40,44H,6-30,33-36,38-39H2,1-5H3. The summed E-state index contributed by atoms with van der Waals surface area (Å²) in [5.74, 6) is 2.55. The molecule has 0 saturated carbocycles. The van der Waals surface area contributed by atoms with Crippen LogP contribution in [0.15, 0.2) is 36.4 Å². The van der Waals surface area contributed by atoms with Gasteiger partial charge in [-0.15, -0.1) is 10.2 Å². The van der Waals surface area contributed by atoms with Crippen molar-refractivity contribution in [3.8, 4) is 0 Å². The molecule has 15 nitrogen and oxygen atoms in total. The summed E-state index contributed by atoms with van der Waals surface area (Å²) in [6, 6.07) is 12.9. The van der Waals surface area contributed by atoms with Crippen molar-refractivity contribution < 1.29 is 18.1 Å². The number of rotatable bonds is 78. The number of fused-ring (bicyclic) bond motifs is 2. The van der Waals surface area contributed by atoms with Gasteiger partial charge in [0.2, 0.25) is 11.4 Å². The van der Waals surface area contributed by atoms with Crippen molar-refractivity contribution in [3.63, 3.8) is 0 Å². The number of aryl methyl sites for hydroxylation is 2. The van der Waals surface area contributed by atoms with E-state index in [9.17, 15) is 0 Å². The molecule has 4 aromatic rings. The normalized spacial score (nSPS) is 14.0. The zero-order chi connectivity index (χ0) is 78.8. The highest BCUT2D eigenvalue weighted by Crippen LogP contribution is 2.63. The zero-order valence-electron chi connectivity index (χ0n) is 72.3. The van der Waals surface area contributed by atoms with E-state index in [0.29, 0.717) is 45.0 Å². The maximum absolute atomic E-state index is 6.68. The summed E-state index contributed by atoms with van der Waals surface area (Å²) < 4.78 is 30.4. The van der Waals surface area contributed by atoms with Crippen LogP contribution in [0.5, 0.6) is 0 Å². The molecule has 3 N–H and O–H groups in total. The third-order valence-electron chi connectivity index (χ3n) is 21.4. The molecule has 0 bridgehead atoms. The average molecular weight is 1640 g/mol. The number of unbranched alkanes of at least 4 members (excludes halogenated alkanes) is 32. The van der Waals surface area contributed by atoms with Crippen LogP contribution in [0.2, 0.25) is 0 Å². The lowest BCUT2D eigenvalue weighted by molar-refractivity contribution is 0.187. The van der Waals surface area contributed by atoms with E-state index in [4.69, 9.17) is 41.7 Å². The Kier molecular flexibility index (Phi) is 65.5. The second-order valence-corrected chi connectivity index (χ2v) is 44.2. The van der Waals surface area contributed by atoms with Crippen molar-refractivity contribution in [1.29, 1.82) is 0 Å². The predicted molar refractivity (Wildman–Crippen MR) is 488 cm³/mol. The largest absolute Gasteiger partial charge is 0.322 e. The molecule has 4 rings (SSSR count). The summed E-state index contributed by atoms with van der Waals surface area (Å²) in [5, 5.41) is 29.2. The second kappa shape index (κ2) is 69.9. The van der Waals surface area contributed by atoms with E-state index >= 15 is 0 Å². The molecular formula is C88H169N11O4P2S4. The van der Waals surface area contributed by atoms with Gasteiger partial charge < -0.3 is 34.0 Å². The van der Waals surface area contributed by atoms with Crippen LogP contribution in [0, 0.1) is 18.8 Å². The molecule has 2 aromatic heterocycles. The average Bonchev–Trinajstić information content (AvgIpc) is 1.70. The van der Waals surface area contributed by atoms with Crippen molar-refractivity contribution >= 4 is 79.8 Å². The molecule has 0 radical (unpaired) electrons. The molecule has 4 unspecified atom stereocenters. The van der Waals surface area contributed by atoms with Gasteiger partial charge in [0.1, 0.15) is 11.0 Å². The number of aromatic nitrogens is 6. The second-order valence-electron chi connectivity index (χ2n) is 31.7. The summed E-state index contributed by atoms with van der Waals surface area (Å²) in [6.45, 7) is 36.2. The first-order valence-corrected chi connectivity index (χ1v) is 54.1. The van der Waals surface area contributed by atoms with Crippen LogP contribution in [0.4, 0.5) is 0 Å². The maximum atomic E-state index is 6.68. The van der Waals surface area contributed by atoms with Crippen LogP contribution in [0.1, 0.15) is 376 Å². The fourth-order valence-electron chi connectivity index (χ4n) is 13.9. The van der Waals surface area contributed by atoms with E-state index in [2.05, 4.69) is 159 Å². The number of hydrogen-bond acceptors (Lipinski definition) is 17. The maximum Gasteiger partial charge on any atom is 0.248 e. The van der Waals surface area contributed by atoms with Crippen LogP contribution in [0.25, 0.3) is 22.1 Å². The molecule has 21 heteroatoms. The minimum absolute atomic E-state index is 0.112. The Morgan fingerprint density at radius 3 is 1.21 bits per heavy atom. The van der Waals surface area contributed by atoms with E-state index in [0.717, 1.165) is 144 Å². The molecule has 0 saturated heterocycles. The van der Waals surface area contributed by atoms with Crippen LogP contribution >= 0.6 is 34.2 Å². The molecule has 0 aliphatic heterocycles. The Labute approximate surface area is 689 Å². The molecule has 634 valence electrons. The van der Waals surface area contributed by atoms with Gasteiger partial charge in [0.05, 0.1) is 62.0 Å². The van der Waals surface area contributed by atoms with Gasteiger partial charge in [-0.2, -0.15) is 0 Å². The van der Waals surface area contributed by atoms with Crippen molar-refractivity contribution in [2.45, 2.75) is 397 Å². The molecule has 0 spiro atoms. The van der Waals surface area contributed by atoms with Crippen LogP contribution in [0.3, 0.4) is 0 Å². The monoisotopic (exact) mass is 1630 g/mol. The Morgan fingerprint density at radius 1 is 0.413 bits per heavy atom. The zero-order valence-corrected chi connectivity index (χ0v) is 77.3. The van der Waals surface area contributed by atoms with E-state index < -0.39 is 11.4 Å². The minimum Gasteiger partial charge on any atom is -0.322 e. The van der Waals surface area contributed by atoms with Gasteiger partial charge in [0.15, 0.2) is 0 Å². The summed E-state index contributed by atoms with van der Waals surface area (Å²) in [5.41, 5.74) is 1.49. The molecule has 4 atom stereocenters. The molecule has 2 heterocycles. The Hall–Kier alpha value is -1.12. The van der Waals surface area contributed by atoms with Gasteiger partial charge in [-0.1, -0.05) is 345 Å². The van der Waals surface area contributed by atoms with Crippen LogP contribution in [-0.2, 0) is 61.5 Å². The number of nitrogens with zero attached hydrogens (tertiary/aromatic N) is 8. The molecule has 0 aliphatic rings. The fraction of sp³-hybridized carbons (Fsp3) is 0.864. The molecule has 0 aliphatic carbocycles. The van der Waals surface area contributed by atoms with E-state index in [1.807, 2.05) is 9.36 Å². The number of nitrogens with one attached hydrogen (secondary N) is 3. The Morgan fingerprint density at radius 2 is 0.789 bits per heavy atom. The van der Waals surface area contributed by atoms with Crippen LogP contribution in [-0.4, -0.2) is 130 Å². The lowest BCUT2D eigenvalue weighted by atomic mass is 10.0. The summed E-state index contributed by atoms with van der Waals surface area (Å²) in [7, 11) is 0. The Balaban J connectivity index is 0.000000566. The number of benzene rings is 2. The third-order valence-corrected chi connectivity index (χ3v) is 32.0. The van der Waals surface area contributed by atoms with Gasteiger partial charge in [0.25, 0.3) is 0 Å². The lowest BCUT2D eigenvalue weighted by Gasteiger charge is -2.29. The molecule has 0 amide bonds. The first-order chi connectivity index (χ1) is 53.3. The highest BCUT2D eigenvalue weighted by atomic mass is 32.9. The third kappa shape index (κ3) is 52.3. The first kappa shape index (κ1) is 102. The fourth-order valence-corrected chi connectivity index (χ4v) is 22.6. The minimum atomic E-state index is -2.56. The van der Waals surface area contributed by atoms with Gasteiger partial charge in [-0.05, 0) is 188 Å². The lowest BCUT2D eigenvalue weighted by Crippen LogP contribution is -2.30. The first-order valence-electron chi connectivity index (χ1n) is 45.6. The highest BCUT2D eigenvalue weighted by Gasteiger charge is 2.28. The molecular weight excluding hydrogens is 1470 g/mol. The molecule has 0 fully saturated rings. The highest BCUT2D eigenvalue weighted by molar-refractivity contribution is 8.68. The van der Waals surface area contributed by atoms with Gasteiger partial charge in [0, 0.05) is 13.1 Å². The number of hydrogen-bond donors (Lipinski definition) is 3.